The molecule has 0 radical (unpaired) electrons. The van der Waals surface area contributed by atoms with E-state index in [0.29, 0.717) is 34.3 Å². The summed E-state index contributed by atoms with van der Waals surface area (Å²) in [5, 5.41) is 9.54. The fraction of sp³-hybridized carbons (Fsp3) is 0.250. The average Bonchev–Trinajstić information content (AvgIpc) is 2.46. The molecule has 3 nitrogen and oxygen atoms in total. The van der Waals surface area contributed by atoms with Gasteiger partial charge in [0.05, 0.1) is 18.2 Å². The molecule has 0 fully saturated rings. The third kappa shape index (κ3) is 4.09. The van der Waals surface area contributed by atoms with Crippen LogP contribution in [-0.2, 0) is 13.2 Å². The maximum atomic E-state index is 13.1. The molecule has 0 amide bonds. The van der Waals surface area contributed by atoms with Gasteiger partial charge in [-0.15, -0.1) is 0 Å². The van der Waals surface area contributed by atoms with Crippen LogP contribution in [0.2, 0.25) is 5.02 Å². The monoisotopic (exact) mass is 310 g/mol. The Balaban J connectivity index is 2.22. The summed E-state index contributed by atoms with van der Waals surface area (Å²) in [4.78, 5) is 0. The summed E-state index contributed by atoms with van der Waals surface area (Å²) in [5.41, 5.74) is 1.33. The molecule has 1 N–H and O–H groups in total. The smallest absolute Gasteiger partial charge is 0.180 e. The van der Waals surface area contributed by atoms with E-state index in [2.05, 4.69) is 0 Å². The Bertz CT molecular complexity index is 616. The molecule has 112 valence electrons. The van der Waals surface area contributed by atoms with E-state index in [-0.39, 0.29) is 19.0 Å². The van der Waals surface area contributed by atoms with Gasteiger partial charge in [0.2, 0.25) is 0 Å². The maximum absolute atomic E-state index is 13.1. The maximum Gasteiger partial charge on any atom is 0.180 e. The van der Waals surface area contributed by atoms with Gasteiger partial charge >= 0.3 is 0 Å². The van der Waals surface area contributed by atoms with E-state index in [1.54, 1.807) is 24.3 Å². The first-order valence-electron chi connectivity index (χ1n) is 6.57. The Morgan fingerprint density at radius 2 is 1.95 bits per heavy atom. The Labute approximate surface area is 127 Å². The van der Waals surface area contributed by atoms with Gasteiger partial charge in [-0.25, -0.2) is 4.39 Å². The second-order valence-electron chi connectivity index (χ2n) is 4.41. The second kappa shape index (κ2) is 7.29. The van der Waals surface area contributed by atoms with Crippen LogP contribution in [0.5, 0.6) is 11.5 Å². The van der Waals surface area contributed by atoms with E-state index in [0.717, 1.165) is 0 Å². The molecule has 0 heterocycles. The van der Waals surface area contributed by atoms with E-state index in [9.17, 15) is 9.50 Å². The van der Waals surface area contributed by atoms with Crippen molar-refractivity contribution < 1.29 is 19.0 Å². The first-order chi connectivity index (χ1) is 10.1. The van der Waals surface area contributed by atoms with E-state index >= 15 is 0 Å². The van der Waals surface area contributed by atoms with Crippen LogP contribution in [0.3, 0.4) is 0 Å². The second-order valence-corrected chi connectivity index (χ2v) is 4.82. The minimum absolute atomic E-state index is 0.135. The number of rotatable bonds is 6. The molecule has 0 saturated heterocycles. The van der Waals surface area contributed by atoms with Gasteiger partial charge in [0.25, 0.3) is 0 Å². The zero-order chi connectivity index (χ0) is 15.2. The molecule has 0 aliphatic rings. The zero-order valence-electron chi connectivity index (χ0n) is 11.6. The van der Waals surface area contributed by atoms with Crippen molar-refractivity contribution in [3.63, 3.8) is 0 Å². The third-order valence-electron chi connectivity index (χ3n) is 2.82. The van der Waals surface area contributed by atoms with Crippen LogP contribution in [-0.4, -0.2) is 11.7 Å². The first-order valence-corrected chi connectivity index (χ1v) is 6.95. The van der Waals surface area contributed by atoms with Gasteiger partial charge in [-0.1, -0.05) is 23.7 Å². The van der Waals surface area contributed by atoms with Crippen LogP contribution < -0.4 is 9.47 Å². The first kappa shape index (κ1) is 15.6. The summed E-state index contributed by atoms with van der Waals surface area (Å²) < 4.78 is 24.3. The zero-order valence-corrected chi connectivity index (χ0v) is 12.4. The van der Waals surface area contributed by atoms with Crippen LogP contribution in [0.15, 0.2) is 36.4 Å². The van der Waals surface area contributed by atoms with E-state index in [1.165, 1.54) is 12.1 Å². The van der Waals surface area contributed by atoms with Gasteiger partial charge in [0, 0.05) is 0 Å². The number of halogens is 2. The number of aliphatic hydroxyl groups excluding tert-OH is 1. The Hall–Kier alpha value is -1.78. The van der Waals surface area contributed by atoms with E-state index in [1.807, 2.05) is 6.92 Å². The molecule has 2 rings (SSSR count). The molecule has 21 heavy (non-hydrogen) atoms. The molecule has 5 heteroatoms. The fourth-order valence-electron chi connectivity index (χ4n) is 1.90. The van der Waals surface area contributed by atoms with Crippen LogP contribution in [0.4, 0.5) is 4.39 Å². The van der Waals surface area contributed by atoms with Gasteiger partial charge in [0.15, 0.2) is 11.5 Å². The number of ether oxygens (including phenoxy) is 2. The average molecular weight is 311 g/mol. The number of aliphatic hydroxyl groups is 1. The van der Waals surface area contributed by atoms with Gasteiger partial charge in [-0.2, -0.15) is 0 Å². The van der Waals surface area contributed by atoms with Crippen molar-refractivity contribution in [2.24, 2.45) is 0 Å². The van der Waals surface area contributed by atoms with Crippen LogP contribution in [0.25, 0.3) is 0 Å². The molecule has 0 aromatic heterocycles. The van der Waals surface area contributed by atoms with E-state index in [4.69, 9.17) is 21.1 Å². The topological polar surface area (TPSA) is 38.7 Å². The van der Waals surface area contributed by atoms with Crippen LogP contribution >= 0.6 is 11.6 Å². The molecular formula is C16H16ClFO3. The molecule has 0 atom stereocenters. The Kier molecular flexibility index (Phi) is 5.42. The lowest BCUT2D eigenvalue weighted by Gasteiger charge is -2.15. The van der Waals surface area contributed by atoms with Gasteiger partial charge in [0.1, 0.15) is 12.4 Å². The highest BCUT2D eigenvalue weighted by Crippen LogP contribution is 2.37. The molecule has 0 aliphatic heterocycles. The number of benzene rings is 2. The van der Waals surface area contributed by atoms with Gasteiger partial charge in [-0.05, 0) is 42.3 Å². The van der Waals surface area contributed by atoms with Crippen molar-refractivity contribution in [3.05, 3.63) is 58.4 Å². The normalized spacial score (nSPS) is 10.5. The number of hydrogen-bond donors (Lipinski definition) is 1. The van der Waals surface area contributed by atoms with Crippen molar-refractivity contribution in [3.8, 4) is 11.5 Å². The molecule has 0 unspecified atom stereocenters. The SMILES string of the molecule is CCOc1cc(CO)cc(Cl)c1OCc1cccc(F)c1. The highest BCUT2D eigenvalue weighted by Gasteiger charge is 2.12. The minimum Gasteiger partial charge on any atom is -0.490 e. The summed E-state index contributed by atoms with van der Waals surface area (Å²) in [6.45, 7) is 2.33. The Morgan fingerprint density at radius 3 is 2.62 bits per heavy atom. The summed E-state index contributed by atoms with van der Waals surface area (Å²) >= 11 is 6.16. The van der Waals surface area contributed by atoms with Gasteiger partial charge < -0.3 is 14.6 Å². The summed E-state index contributed by atoms with van der Waals surface area (Å²) in [7, 11) is 0. The van der Waals surface area contributed by atoms with Gasteiger partial charge in [-0.3, -0.25) is 0 Å². The highest BCUT2D eigenvalue weighted by atomic mass is 35.5. The minimum atomic E-state index is -0.317. The summed E-state index contributed by atoms with van der Waals surface area (Å²) in [6, 6.07) is 9.45. The molecule has 0 aliphatic carbocycles. The highest BCUT2D eigenvalue weighted by molar-refractivity contribution is 6.32. The fourth-order valence-corrected chi connectivity index (χ4v) is 2.19. The molecule has 2 aromatic rings. The molecule has 0 bridgehead atoms. The number of hydrogen-bond acceptors (Lipinski definition) is 3. The summed E-state index contributed by atoms with van der Waals surface area (Å²) in [5.74, 6) is 0.535. The predicted molar refractivity (Wildman–Crippen MR) is 79.3 cm³/mol. The lowest BCUT2D eigenvalue weighted by atomic mass is 10.2. The van der Waals surface area contributed by atoms with Crippen LogP contribution in [0.1, 0.15) is 18.1 Å². The standard InChI is InChI=1S/C16H16ClFO3/c1-2-20-15-8-12(9-19)7-14(17)16(15)21-10-11-4-3-5-13(18)6-11/h3-8,19H,2,9-10H2,1H3. The molecular weight excluding hydrogens is 295 g/mol. The van der Waals surface area contributed by atoms with E-state index < -0.39 is 0 Å². The predicted octanol–water partition coefficient (Wildman–Crippen LogP) is 3.95. The molecule has 2 aromatic carbocycles. The van der Waals surface area contributed by atoms with Crippen molar-refractivity contribution in [1.29, 1.82) is 0 Å². The van der Waals surface area contributed by atoms with Crippen molar-refractivity contribution in [2.45, 2.75) is 20.1 Å². The quantitative estimate of drug-likeness (QED) is 0.878. The third-order valence-corrected chi connectivity index (χ3v) is 3.10. The molecule has 0 spiro atoms. The van der Waals surface area contributed by atoms with Crippen molar-refractivity contribution >= 4 is 11.6 Å². The largest absolute Gasteiger partial charge is 0.490 e. The van der Waals surface area contributed by atoms with Crippen molar-refractivity contribution in [2.75, 3.05) is 6.61 Å². The summed E-state index contributed by atoms with van der Waals surface area (Å²) in [6.07, 6.45) is 0. The van der Waals surface area contributed by atoms with Crippen LogP contribution in [0, 0.1) is 5.82 Å². The Morgan fingerprint density at radius 1 is 1.14 bits per heavy atom. The lowest BCUT2D eigenvalue weighted by Crippen LogP contribution is -2.01. The lowest BCUT2D eigenvalue weighted by molar-refractivity contribution is 0.263. The molecule has 0 saturated carbocycles. The van der Waals surface area contributed by atoms with Crippen molar-refractivity contribution in [1.82, 2.24) is 0 Å².